The van der Waals surface area contributed by atoms with Gasteiger partial charge in [-0.3, -0.25) is 5.43 Å². The molecule has 0 aliphatic rings. The van der Waals surface area contributed by atoms with Gasteiger partial charge < -0.3 is 4.90 Å². The predicted molar refractivity (Wildman–Crippen MR) is 35.6 cm³/mol. The Morgan fingerprint density at radius 2 is 2.11 bits per heavy atom. The molecule has 0 unspecified atom stereocenters. The molecule has 0 rings (SSSR count). The van der Waals surface area contributed by atoms with Gasteiger partial charge in [-0.25, -0.2) is 10.6 Å². The number of carbonyl (C=O) groups is 1. The number of hydrogen-bond donors (Lipinski definition) is 2. The predicted octanol–water partition coefficient (Wildman–Crippen LogP) is -0.0901. The van der Waals surface area contributed by atoms with Gasteiger partial charge in [0, 0.05) is 13.1 Å². The van der Waals surface area contributed by atoms with Crippen LogP contribution in [0.2, 0.25) is 0 Å². The summed E-state index contributed by atoms with van der Waals surface area (Å²) >= 11 is 0. The van der Waals surface area contributed by atoms with Crippen LogP contribution in [-0.4, -0.2) is 24.0 Å². The molecule has 0 aromatic rings. The highest BCUT2D eigenvalue weighted by atomic mass is 16.2. The molecule has 0 aliphatic heterocycles. The van der Waals surface area contributed by atoms with Gasteiger partial charge in [-0.05, 0) is 13.8 Å². The average molecular weight is 131 g/mol. The molecule has 0 aliphatic carbocycles. The summed E-state index contributed by atoms with van der Waals surface area (Å²) in [5.74, 6) is 4.87. The fraction of sp³-hybridized carbons (Fsp3) is 0.800. The van der Waals surface area contributed by atoms with Crippen molar-refractivity contribution in [3.63, 3.8) is 0 Å². The van der Waals surface area contributed by atoms with Gasteiger partial charge in [0.05, 0.1) is 0 Å². The molecule has 9 heavy (non-hydrogen) atoms. The molecular formula is C5H13N3O. The van der Waals surface area contributed by atoms with E-state index in [2.05, 4.69) is 0 Å². The zero-order valence-electron chi connectivity index (χ0n) is 6.01. The minimum absolute atomic E-state index is 0.188. The molecule has 0 radical (unpaired) electrons. The van der Waals surface area contributed by atoms with E-state index in [1.54, 1.807) is 7.05 Å². The Morgan fingerprint density at radius 1 is 1.67 bits per heavy atom. The Hall–Kier alpha value is -0.770. The van der Waals surface area contributed by atoms with Crippen LogP contribution in [0.1, 0.15) is 13.8 Å². The van der Waals surface area contributed by atoms with Crippen molar-refractivity contribution in [2.45, 2.75) is 19.9 Å². The van der Waals surface area contributed by atoms with Crippen LogP contribution in [-0.2, 0) is 0 Å². The lowest BCUT2D eigenvalue weighted by Crippen LogP contribution is -2.44. The maximum Gasteiger partial charge on any atom is 0.331 e. The molecule has 54 valence electrons. The summed E-state index contributed by atoms with van der Waals surface area (Å²) in [6.07, 6.45) is 0. The first-order valence-electron chi connectivity index (χ1n) is 2.83. The van der Waals surface area contributed by atoms with Crippen molar-refractivity contribution in [1.82, 2.24) is 10.3 Å². The summed E-state index contributed by atoms with van der Waals surface area (Å²) in [4.78, 5) is 12.2. The molecule has 0 aromatic heterocycles. The quantitative estimate of drug-likeness (QED) is 0.297. The zero-order valence-corrected chi connectivity index (χ0v) is 6.01. The summed E-state index contributed by atoms with van der Waals surface area (Å²) in [5, 5.41) is 0. The van der Waals surface area contributed by atoms with Gasteiger partial charge in [0.2, 0.25) is 0 Å². The molecule has 0 bridgehead atoms. The lowest BCUT2D eigenvalue weighted by molar-refractivity contribution is 0.198. The highest BCUT2D eigenvalue weighted by Crippen LogP contribution is 1.91. The van der Waals surface area contributed by atoms with Crippen LogP contribution in [0.4, 0.5) is 4.79 Å². The first-order chi connectivity index (χ1) is 4.09. The number of hydrazine groups is 1. The molecule has 0 fully saturated rings. The van der Waals surface area contributed by atoms with Gasteiger partial charge in [0.1, 0.15) is 0 Å². The number of hydrogen-bond acceptors (Lipinski definition) is 2. The molecule has 0 atom stereocenters. The van der Waals surface area contributed by atoms with Gasteiger partial charge >= 0.3 is 6.03 Å². The smallest absolute Gasteiger partial charge is 0.324 e. The number of nitrogens with zero attached hydrogens (tertiary/aromatic N) is 1. The third-order valence-electron chi connectivity index (χ3n) is 1.22. The van der Waals surface area contributed by atoms with E-state index in [4.69, 9.17) is 5.84 Å². The minimum atomic E-state index is -0.259. The second-order valence-electron chi connectivity index (χ2n) is 2.15. The molecule has 0 heterocycles. The molecule has 0 aromatic carbocycles. The van der Waals surface area contributed by atoms with Crippen LogP contribution in [0.5, 0.6) is 0 Å². The van der Waals surface area contributed by atoms with Gasteiger partial charge in [0.15, 0.2) is 0 Å². The van der Waals surface area contributed by atoms with Crippen molar-refractivity contribution < 1.29 is 4.79 Å². The number of nitrogens with one attached hydrogen (secondary N) is 1. The first-order valence-corrected chi connectivity index (χ1v) is 2.83. The third-order valence-corrected chi connectivity index (χ3v) is 1.22. The Bertz CT molecular complexity index is 102. The van der Waals surface area contributed by atoms with Gasteiger partial charge in [-0.1, -0.05) is 0 Å². The largest absolute Gasteiger partial charge is 0.331 e. The molecule has 2 amide bonds. The molecule has 4 nitrogen and oxygen atoms in total. The van der Waals surface area contributed by atoms with Crippen molar-refractivity contribution in [2.24, 2.45) is 5.84 Å². The number of nitrogens with two attached hydrogens (primary N) is 1. The normalized spacial score (nSPS) is 9.44. The Balaban J connectivity index is 3.72. The highest BCUT2D eigenvalue weighted by Gasteiger charge is 2.07. The molecule has 0 saturated heterocycles. The van der Waals surface area contributed by atoms with Crippen molar-refractivity contribution in [1.29, 1.82) is 0 Å². The van der Waals surface area contributed by atoms with Gasteiger partial charge in [-0.15, -0.1) is 0 Å². The Morgan fingerprint density at radius 3 is 2.22 bits per heavy atom. The van der Waals surface area contributed by atoms with E-state index in [0.29, 0.717) is 0 Å². The summed E-state index contributed by atoms with van der Waals surface area (Å²) in [6, 6.07) is -0.0708. The topological polar surface area (TPSA) is 58.4 Å². The monoisotopic (exact) mass is 131 g/mol. The van der Waals surface area contributed by atoms with E-state index in [0.717, 1.165) is 0 Å². The summed E-state index contributed by atoms with van der Waals surface area (Å²) in [7, 11) is 1.69. The number of rotatable bonds is 1. The van der Waals surface area contributed by atoms with Crippen LogP contribution < -0.4 is 11.3 Å². The van der Waals surface area contributed by atoms with E-state index >= 15 is 0 Å². The minimum Gasteiger partial charge on any atom is -0.324 e. The number of amides is 2. The maximum atomic E-state index is 10.6. The second-order valence-corrected chi connectivity index (χ2v) is 2.15. The van der Waals surface area contributed by atoms with Crippen LogP contribution in [0.3, 0.4) is 0 Å². The molecule has 0 spiro atoms. The van der Waals surface area contributed by atoms with Crippen LogP contribution in [0.15, 0.2) is 0 Å². The molecule has 4 heteroatoms. The standard InChI is InChI=1S/C5H13N3O/c1-4(2)8(3)5(9)7-6/h4H,6H2,1-3H3,(H,7,9). The molecular weight excluding hydrogens is 118 g/mol. The van der Waals surface area contributed by atoms with Gasteiger partial charge in [-0.2, -0.15) is 0 Å². The van der Waals surface area contributed by atoms with E-state index in [1.807, 2.05) is 19.3 Å². The summed E-state index contributed by atoms with van der Waals surface area (Å²) in [5.41, 5.74) is 2.03. The maximum absolute atomic E-state index is 10.6. The van der Waals surface area contributed by atoms with E-state index in [-0.39, 0.29) is 12.1 Å². The zero-order chi connectivity index (χ0) is 7.44. The second kappa shape index (κ2) is 3.29. The van der Waals surface area contributed by atoms with Crippen LogP contribution >= 0.6 is 0 Å². The highest BCUT2D eigenvalue weighted by molar-refractivity contribution is 5.73. The van der Waals surface area contributed by atoms with E-state index in [9.17, 15) is 4.79 Å². The van der Waals surface area contributed by atoms with Gasteiger partial charge in [0.25, 0.3) is 0 Å². The van der Waals surface area contributed by atoms with Crippen molar-refractivity contribution >= 4 is 6.03 Å². The molecule has 0 saturated carbocycles. The van der Waals surface area contributed by atoms with Crippen LogP contribution in [0, 0.1) is 0 Å². The fourth-order valence-electron chi connectivity index (χ4n) is 0.336. The van der Waals surface area contributed by atoms with Crippen molar-refractivity contribution in [3.8, 4) is 0 Å². The number of urea groups is 1. The summed E-state index contributed by atoms with van der Waals surface area (Å²) < 4.78 is 0. The fourth-order valence-corrected chi connectivity index (χ4v) is 0.336. The SMILES string of the molecule is CC(C)N(C)C(=O)NN. The average Bonchev–Trinajstić information content (AvgIpc) is 1.84. The van der Waals surface area contributed by atoms with E-state index in [1.165, 1.54) is 4.90 Å². The number of carbonyl (C=O) groups excluding carboxylic acids is 1. The van der Waals surface area contributed by atoms with Crippen LogP contribution in [0.25, 0.3) is 0 Å². The Kier molecular flexibility index (Phi) is 3.01. The third kappa shape index (κ3) is 2.32. The molecule has 3 N–H and O–H groups in total. The first kappa shape index (κ1) is 8.23. The van der Waals surface area contributed by atoms with E-state index < -0.39 is 0 Å². The van der Waals surface area contributed by atoms with Crippen molar-refractivity contribution in [2.75, 3.05) is 7.05 Å². The lowest BCUT2D eigenvalue weighted by atomic mass is 10.4. The Labute approximate surface area is 55.0 Å². The lowest BCUT2D eigenvalue weighted by Gasteiger charge is -2.19. The summed E-state index contributed by atoms with van der Waals surface area (Å²) in [6.45, 7) is 3.82. The van der Waals surface area contributed by atoms with Crippen molar-refractivity contribution in [3.05, 3.63) is 0 Å².